The fraction of sp³-hybridized carbons (Fsp3) is 0.444. The Morgan fingerprint density at radius 3 is 2.48 bits per heavy atom. The van der Waals surface area contributed by atoms with Crippen molar-refractivity contribution in [2.75, 3.05) is 0 Å². The van der Waals surface area contributed by atoms with E-state index in [0.717, 1.165) is 29.3 Å². The Balaban J connectivity index is 2.18. The molecule has 0 aliphatic heterocycles. The van der Waals surface area contributed by atoms with E-state index < -0.39 is 6.04 Å². The van der Waals surface area contributed by atoms with E-state index in [9.17, 15) is 9.59 Å². The Labute approximate surface area is 136 Å². The van der Waals surface area contributed by atoms with Gasteiger partial charge in [-0.15, -0.1) is 0 Å². The molecule has 0 radical (unpaired) electrons. The zero-order valence-corrected chi connectivity index (χ0v) is 14.0. The summed E-state index contributed by atoms with van der Waals surface area (Å²) >= 11 is 0. The largest absolute Gasteiger partial charge is 0.361 e. The number of benzene rings is 1. The van der Waals surface area contributed by atoms with Crippen molar-refractivity contribution < 1.29 is 9.59 Å². The standard InChI is InChI=1S/C18H25N3O2/c1-4-14(5-2)21-18(23)17(20-12(3)22)10-13-11-19-16-9-7-6-8-15(13)16/h6-9,11,14,17,19H,4-5,10H2,1-3H3,(H,20,22)(H,21,23). The van der Waals surface area contributed by atoms with Gasteiger partial charge in [0.2, 0.25) is 11.8 Å². The topological polar surface area (TPSA) is 74.0 Å². The molecule has 2 aromatic rings. The van der Waals surface area contributed by atoms with E-state index >= 15 is 0 Å². The van der Waals surface area contributed by atoms with Crippen LogP contribution in [0.5, 0.6) is 0 Å². The lowest BCUT2D eigenvalue weighted by Crippen LogP contribution is -2.50. The minimum Gasteiger partial charge on any atom is -0.361 e. The summed E-state index contributed by atoms with van der Waals surface area (Å²) < 4.78 is 0. The molecule has 1 heterocycles. The van der Waals surface area contributed by atoms with Crippen molar-refractivity contribution in [3.63, 3.8) is 0 Å². The van der Waals surface area contributed by atoms with Crippen LogP contribution >= 0.6 is 0 Å². The van der Waals surface area contributed by atoms with Gasteiger partial charge in [0.25, 0.3) is 0 Å². The summed E-state index contributed by atoms with van der Waals surface area (Å²) in [5.41, 5.74) is 2.06. The molecule has 0 bridgehead atoms. The number of amides is 2. The van der Waals surface area contributed by atoms with Crippen molar-refractivity contribution in [3.05, 3.63) is 36.0 Å². The van der Waals surface area contributed by atoms with Gasteiger partial charge in [-0.3, -0.25) is 9.59 Å². The lowest BCUT2D eigenvalue weighted by molar-refractivity contribution is -0.128. The van der Waals surface area contributed by atoms with E-state index in [1.54, 1.807) is 0 Å². The minimum absolute atomic E-state index is 0.126. The van der Waals surface area contributed by atoms with Crippen molar-refractivity contribution in [2.24, 2.45) is 0 Å². The van der Waals surface area contributed by atoms with Crippen LogP contribution in [0.2, 0.25) is 0 Å². The highest BCUT2D eigenvalue weighted by molar-refractivity contribution is 5.89. The summed E-state index contributed by atoms with van der Waals surface area (Å²) in [6.45, 7) is 5.52. The van der Waals surface area contributed by atoms with Crippen LogP contribution in [-0.4, -0.2) is 28.9 Å². The van der Waals surface area contributed by atoms with Crippen LogP contribution in [0.25, 0.3) is 10.9 Å². The van der Waals surface area contributed by atoms with Gasteiger partial charge in [0.1, 0.15) is 6.04 Å². The van der Waals surface area contributed by atoms with Crippen molar-refractivity contribution in [3.8, 4) is 0 Å². The maximum atomic E-state index is 12.5. The number of carbonyl (C=O) groups excluding carboxylic acids is 2. The highest BCUT2D eigenvalue weighted by Crippen LogP contribution is 2.19. The molecule has 1 atom stereocenters. The van der Waals surface area contributed by atoms with Gasteiger partial charge in [0.05, 0.1) is 0 Å². The summed E-state index contributed by atoms with van der Waals surface area (Å²) in [4.78, 5) is 27.2. The summed E-state index contributed by atoms with van der Waals surface area (Å²) in [6, 6.07) is 7.53. The van der Waals surface area contributed by atoms with Crippen molar-refractivity contribution in [1.82, 2.24) is 15.6 Å². The second kappa shape index (κ2) is 7.81. The van der Waals surface area contributed by atoms with Crippen molar-refractivity contribution >= 4 is 22.7 Å². The van der Waals surface area contributed by atoms with Gasteiger partial charge < -0.3 is 15.6 Å². The zero-order valence-electron chi connectivity index (χ0n) is 14.0. The van der Waals surface area contributed by atoms with Gasteiger partial charge >= 0.3 is 0 Å². The first-order valence-corrected chi connectivity index (χ1v) is 8.17. The number of nitrogens with one attached hydrogen (secondary N) is 3. The fourth-order valence-corrected chi connectivity index (χ4v) is 2.77. The third kappa shape index (κ3) is 4.34. The van der Waals surface area contributed by atoms with Crippen LogP contribution in [-0.2, 0) is 16.0 Å². The van der Waals surface area contributed by atoms with E-state index in [-0.39, 0.29) is 17.9 Å². The molecule has 0 aliphatic carbocycles. The molecule has 0 aliphatic rings. The predicted octanol–water partition coefficient (Wildman–Crippen LogP) is 2.52. The number of hydrogen-bond acceptors (Lipinski definition) is 2. The number of hydrogen-bond donors (Lipinski definition) is 3. The first kappa shape index (κ1) is 17.1. The molecule has 23 heavy (non-hydrogen) atoms. The average molecular weight is 315 g/mol. The number of para-hydroxylation sites is 1. The SMILES string of the molecule is CCC(CC)NC(=O)C(Cc1c[nH]c2ccccc12)NC(C)=O. The molecule has 1 unspecified atom stereocenters. The Bertz CT molecular complexity index is 674. The van der Waals surface area contributed by atoms with E-state index in [1.165, 1.54) is 6.92 Å². The summed E-state index contributed by atoms with van der Waals surface area (Å²) in [7, 11) is 0. The maximum Gasteiger partial charge on any atom is 0.243 e. The second-order valence-corrected chi connectivity index (χ2v) is 5.84. The van der Waals surface area contributed by atoms with Crippen LogP contribution in [0.4, 0.5) is 0 Å². The van der Waals surface area contributed by atoms with Crippen LogP contribution in [0, 0.1) is 0 Å². The van der Waals surface area contributed by atoms with E-state index in [1.807, 2.05) is 44.3 Å². The quantitative estimate of drug-likeness (QED) is 0.734. The third-order valence-electron chi connectivity index (χ3n) is 4.12. The number of fused-ring (bicyclic) bond motifs is 1. The van der Waals surface area contributed by atoms with Crippen LogP contribution < -0.4 is 10.6 Å². The molecule has 3 N–H and O–H groups in total. The van der Waals surface area contributed by atoms with Crippen molar-refractivity contribution in [1.29, 1.82) is 0 Å². The highest BCUT2D eigenvalue weighted by atomic mass is 16.2. The van der Waals surface area contributed by atoms with Gasteiger partial charge in [0, 0.05) is 36.5 Å². The Kier molecular flexibility index (Phi) is 5.79. The number of H-pyrrole nitrogens is 1. The molecule has 0 saturated carbocycles. The lowest BCUT2D eigenvalue weighted by Gasteiger charge is -2.21. The van der Waals surface area contributed by atoms with E-state index in [0.29, 0.717) is 6.42 Å². The summed E-state index contributed by atoms with van der Waals surface area (Å²) in [5, 5.41) is 6.87. The normalized spacial score (nSPS) is 12.3. The Morgan fingerprint density at radius 1 is 1.13 bits per heavy atom. The average Bonchev–Trinajstić information content (AvgIpc) is 2.94. The molecule has 5 nitrogen and oxygen atoms in total. The van der Waals surface area contributed by atoms with Gasteiger partial charge in [-0.25, -0.2) is 0 Å². The smallest absolute Gasteiger partial charge is 0.243 e. The van der Waals surface area contributed by atoms with Crippen molar-refractivity contribution in [2.45, 2.75) is 52.1 Å². The van der Waals surface area contributed by atoms with Crippen LogP contribution in [0.3, 0.4) is 0 Å². The van der Waals surface area contributed by atoms with Crippen LogP contribution in [0.15, 0.2) is 30.5 Å². The van der Waals surface area contributed by atoms with E-state index in [4.69, 9.17) is 0 Å². The van der Waals surface area contributed by atoms with Gasteiger partial charge in [0.15, 0.2) is 0 Å². The molecular weight excluding hydrogens is 290 g/mol. The second-order valence-electron chi connectivity index (χ2n) is 5.84. The van der Waals surface area contributed by atoms with E-state index in [2.05, 4.69) is 15.6 Å². The third-order valence-corrected chi connectivity index (χ3v) is 4.12. The fourth-order valence-electron chi connectivity index (χ4n) is 2.77. The Hall–Kier alpha value is -2.30. The van der Waals surface area contributed by atoms with Crippen LogP contribution in [0.1, 0.15) is 39.2 Å². The molecule has 1 aromatic heterocycles. The first-order valence-electron chi connectivity index (χ1n) is 8.17. The number of carbonyl (C=O) groups is 2. The number of rotatable bonds is 7. The zero-order chi connectivity index (χ0) is 16.8. The first-order chi connectivity index (χ1) is 11.0. The molecule has 0 saturated heterocycles. The number of aromatic nitrogens is 1. The number of aromatic amines is 1. The molecular formula is C18H25N3O2. The highest BCUT2D eigenvalue weighted by Gasteiger charge is 2.22. The lowest BCUT2D eigenvalue weighted by atomic mass is 10.0. The molecule has 2 amide bonds. The molecule has 124 valence electrons. The maximum absolute atomic E-state index is 12.5. The molecule has 0 spiro atoms. The Morgan fingerprint density at radius 2 is 1.83 bits per heavy atom. The minimum atomic E-state index is -0.563. The monoisotopic (exact) mass is 315 g/mol. The molecule has 2 rings (SSSR count). The molecule has 5 heteroatoms. The molecule has 0 fully saturated rings. The molecule has 1 aromatic carbocycles. The van der Waals surface area contributed by atoms with Gasteiger partial charge in [-0.05, 0) is 24.5 Å². The summed E-state index contributed by atoms with van der Waals surface area (Å²) in [5.74, 6) is -0.325. The predicted molar refractivity (Wildman–Crippen MR) is 92.1 cm³/mol. The van der Waals surface area contributed by atoms with Gasteiger partial charge in [-0.2, -0.15) is 0 Å². The van der Waals surface area contributed by atoms with Gasteiger partial charge in [-0.1, -0.05) is 32.0 Å². The summed E-state index contributed by atoms with van der Waals surface area (Å²) in [6.07, 6.45) is 4.13.